The van der Waals surface area contributed by atoms with Crippen LogP contribution in [0.25, 0.3) is 11.1 Å². The molecule has 0 saturated carbocycles. The fraction of sp³-hybridized carbons (Fsp3) is 0.200. The highest BCUT2D eigenvalue weighted by Gasteiger charge is 2.11. The van der Waals surface area contributed by atoms with Gasteiger partial charge in [-0.05, 0) is 12.1 Å². The molecule has 0 spiro atoms. The number of nitrogens with zero attached hydrogens (tertiary/aromatic N) is 2. The second kappa shape index (κ2) is 3.82. The first kappa shape index (κ1) is 10.4. The Labute approximate surface area is 92.0 Å². The predicted molar refractivity (Wildman–Crippen MR) is 59.9 cm³/mol. The zero-order valence-corrected chi connectivity index (χ0v) is 9.02. The first-order valence-corrected chi connectivity index (χ1v) is 4.73. The number of hydrogen-bond donors (Lipinski definition) is 2. The van der Waals surface area contributed by atoms with Gasteiger partial charge in [0.05, 0.1) is 0 Å². The van der Waals surface area contributed by atoms with Gasteiger partial charge in [0.1, 0.15) is 5.52 Å². The predicted octanol–water partition coefficient (Wildman–Crippen LogP) is 1.16. The Bertz CT molecular complexity index is 535. The average Bonchev–Trinajstić information content (AvgIpc) is 2.65. The van der Waals surface area contributed by atoms with E-state index < -0.39 is 6.03 Å². The van der Waals surface area contributed by atoms with Crippen molar-refractivity contribution >= 4 is 22.8 Å². The topological polar surface area (TPSA) is 84.4 Å². The third kappa shape index (κ3) is 1.70. The van der Waals surface area contributed by atoms with Crippen LogP contribution in [0.2, 0.25) is 0 Å². The molecule has 0 unspecified atom stereocenters. The normalized spacial score (nSPS) is 10.4. The van der Waals surface area contributed by atoms with E-state index in [1.807, 2.05) is 0 Å². The lowest BCUT2D eigenvalue weighted by atomic mass is 10.3. The first-order chi connectivity index (χ1) is 7.61. The van der Waals surface area contributed by atoms with E-state index in [0.29, 0.717) is 17.2 Å². The monoisotopic (exact) mass is 220 g/mol. The number of amides is 2. The number of nitrogens with two attached hydrogens (primary N) is 1. The van der Waals surface area contributed by atoms with E-state index in [-0.39, 0.29) is 0 Å². The lowest BCUT2D eigenvalue weighted by Crippen LogP contribution is -2.41. The molecule has 0 saturated heterocycles. The van der Waals surface area contributed by atoms with E-state index in [2.05, 4.69) is 10.4 Å². The third-order valence-electron chi connectivity index (χ3n) is 2.29. The van der Waals surface area contributed by atoms with Crippen LogP contribution >= 0.6 is 0 Å². The molecule has 2 aromatic rings. The maximum Gasteiger partial charge on any atom is 0.335 e. The van der Waals surface area contributed by atoms with Gasteiger partial charge in [0.2, 0.25) is 0 Å². The fourth-order valence-electron chi connectivity index (χ4n) is 1.45. The summed E-state index contributed by atoms with van der Waals surface area (Å²) in [5, 5.41) is 0. The van der Waals surface area contributed by atoms with Crippen LogP contribution in [0.1, 0.15) is 5.89 Å². The molecule has 2 rings (SSSR count). The Morgan fingerprint density at radius 2 is 2.31 bits per heavy atom. The summed E-state index contributed by atoms with van der Waals surface area (Å²) in [7, 11) is 1.62. The molecule has 2 amide bonds. The van der Waals surface area contributed by atoms with Crippen molar-refractivity contribution in [1.29, 1.82) is 0 Å². The highest BCUT2D eigenvalue weighted by molar-refractivity contribution is 5.93. The Morgan fingerprint density at radius 3 is 3.00 bits per heavy atom. The SMILES string of the molecule is Cc1nc2ccc(N(C)C(=O)NN)cc2o1. The minimum absolute atomic E-state index is 0.393. The van der Waals surface area contributed by atoms with E-state index in [4.69, 9.17) is 10.3 Å². The molecular formula is C10H12N4O2. The van der Waals surface area contributed by atoms with Crippen LogP contribution in [0.15, 0.2) is 22.6 Å². The quantitative estimate of drug-likeness (QED) is 0.429. The van der Waals surface area contributed by atoms with Crippen LogP contribution in [0.3, 0.4) is 0 Å². The van der Waals surface area contributed by atoms with Gasteiger partial charge in [-0.15, -0.1) is 0 Å². The van der Waals surface area contributed by atoms with Gasteiger partial charge in [0.15, 0.2) is 11.5 Å². The third-order valence-corrected chi connectivity index (χ3v) is 2.29. The summed E-state index contributed by atoms with van der Waals surface area (Å²) < 4.78 is 5.37. The van der Waals surface area contributed by atoms with Crippen LogP contribution in [0, 0.1) is 6.92 Å². The Kier molecular flexibility index (Phi) is 2.49. The van der Waals surface area contributed by atoms with E-state index in [0.717, 1.165) is 5.52 Å². The molecular weight excluding hydrogens is 208 g/mol. The highest BCUT2D eigenvalue weighted by Crippen LogP contribution is 2.21. The number of hydrazine groups is 1. The number of hydrogen-bond acceptors (Lipinski definition) is 4. The van der Waals surface area contributed by atoms with Gasteiger partial charge < -0.3 is 4.42 Å². The molecule has 3 N–H and O–H groups in total. The van der Waals surface area contributed by atoms with E-state index in [1.165, 1.54) is 4.90 Å². The lowest BCUT2D eigenvalue weighted by Gasteiger charge is -2.15. The number of fused-ring (bicyclic) bond motifs is 1. The minimum Gasteiger partial charge on any atom is -0.441 e. The molecule has 0 radical (unpaired) electrons. The van der Waals surface area contributed by atoms with Crippen molar-refractivity contribution in [2.45, 2.75) is 6.92 Å². The van der Waals surface area contributed by atoms with Crippen molar-refractivity contribution in [2.24, 2.45) is 5.84 Å². The van der Waals surface area contributed by atoms with E-state index >= 15 is 0 Å². The van der Waals surface area contributed by atoms with Gasteiger partial charge in [-0.1, -0.05) is 0 Å². The first-order valence-electron chi connectivity index (χ1n) is 4.73. The molecule has 0 atom stereocenters. The largest absolute Gasteiger partial charge is 0.441 e. The van der Waals surface area contributed by atoms with Crippen LogP contribution in [-0.4, -0.2) is 18.1 Å². The zero-order valence-electron chi connectivity index (χ0n) is 9.02. The standard InChI is InChI=1S/C10H12N4O2/c1-6-12-8-4-3-7(5-9(8)16-6)14(2)10(15)13-11/h3-5H,11H2,1-2H3,(H,13,15). The number of carbonyl (C=O) groups excluding carboxylic acids is 1. The van der Waals surface area contributed by atoms with Gasteiger partial charge in [0, 0.05) is 25.7 Å². The Morgan fingerprint density at radius 1 is 1.56 bits per heavy atom. The summed E-state index contributed by atoms with van der Waals surface area (Å²) in [6, 6.07) is 4.92. The fourth-order valence-corrected chi connectivity index (χ4v) is 1.45. The number of aryl methyl sites for hydroxylation is 1. The molecule has 1 heterocycles. The highest BCUT2D eigenvalue weighted by atomic mass is 16.3. The second-order valence-electron chi connectivity index (χ2n) is 3.39. The number of nitrogens with one attached hydrogen (secondary N) is 1. The number of aromatic nitrogens is 1. The summed E-state index contributed by atoms with van der Waals surface area (Å²) in [6.07, 6.45) is 0. The summed E-state index contributed by atoms with van der Waals surface area (Å²) in [5.74, 6) is 5.65. The molecule has 6 nitrogen and oxygen atoms in total. The van der Waals surface area contributed by atoms with Crippen molar-refractivity contribution in [3.63, 3.8) is 0 Å². The molecule has 0 fully saturated rings. The number of rotatable bonds is 1. The molecule has 0 bridgehead atoms. The summed E-state index contributed by atoms with van der Waals surface area (Å²) in [5.41, 5.74) is 4.16. The maximum absolute atomic E-state index is 11.3. The molecule has 1 aromatic carbocycles. The Balaban J connectivity index is 2.42. The summed E-state index contributed by atoms with van der Waals surface area (Å²) in [6.45, 7) is 1.77. The molecule has 0 aliphatic carbocycles. The summed E-state index contributed by atoms with van der Waals surface area (Å²) in [4.78, 5) is 16.9. The van der Waals surface area contributed by atoms with Crippen molar-refractivity contribution in [2.75, 3.05) is 11.9 Å². The zero-order chi connectivity index (χ0) is 11.7. The Hall–Kier alpha value is -2.08. The summed E-state index contributed by atoms with van der Waals surface area (Å²) >= 11 is 0. The van der Waals surface area contributed by atoms with Crippen LogP contribution in [0.5, 0.6) is 0 Å². The number of oxazole rings is 1. The number of carbonyl (C=O) groups is 1. The second-order valence-corrected chi connectivity index (χ2v) is 3.39. The molecule has 84 valence electrons. The number of anilines is 1. The number of urea groups is 1. The molecule has 0 aliphatic heterocycles. The van der Waals surface area contributed by atoms with Gasteiger partial charge in [-0.3, -0.25) is 10.3 Å². The van der Waals surface area contributed by atoms with Gasteiger partial charge in [-0.25, -0.2) is 15.6 Å². The van der Waals surface area contributed by atoms with Gasteiger partial charge in [0.25, 0.3) is 0 Å². The van der Waals surface area contributed by atoms with Crippen molar-refractivity contribution in [3.8, 4) is 0 Å². The van der Waals surface area contributed by atoms with Gasteiger partial charge in [-0.2, -0.15) is 0 Å². The molecule has 0 aliphatic rings. The van der Waals surface area contributed by atoms with Crippen LogP contribution < -0.4 is 16.2 Å². The average molecular weight is 220 g/mol. The van der Waals surface area contributed by atoms with Crippen LogP contribution in [0.4, 0.5) is 10.5 Å². The van der Waals surface area contributed by atoms with Crippen molar-refractivity contribution < 1.29 is 9.21 Å². The minimum atomic E-state index is -0.393. The molecule has 16 heavy (non-hydrogen) atoms. The van der Waals surface area contributed by atoms with Crippen molar-refractivity contribution in [1.82, 2.24) is 10.4 Å². The lowest BCUT2D eigenvalue weighted by molar-refractivity contribution is 0.248. The van der Waals surface area contributed by atoms with Gasteiger partial charge >= 0.3 is 6.03 Å². The molecule has 6 heteroatoms. The number of benzene rings is 1. The van der Waals surface area contributed by atoms with Crippen molar-refractivity contribution in [3.05, 3.63) is 24.1 Å². The smallest absolute Gasteiger partial charge is 0.335 e. The van der Waals surface area contributed by atoms with E-state index in [1.54, 1.807) is 32.2 Å². The molecule has 1 aromatic heterocycles. The maximum atomic E-state index is 11.3. The van der Waals surface area contributed by atoms with Crippen LogP contribution in [-0.2, 0) is 0 Å². The van der Waals surface area contributed by atoms with E-state index in [9.17, 15) is 4.79 Å².